The minimum absolute atomic E-state index is 1.05. The van der Waals surface area contributed by atoms with Gasteiger partial charge >= 0.3 is 0 Å². The van der Waals surface area contributed by atoms with E-state index < -0.39 is 0 Å². The van der Waals surface area contributed by atoms with Crippen LogP contribution in [0.15, 0.2) is 46.9 Å². The largest absolute Gasteiger partial charge is 0.0765 e. The van der Waals surface area contributed by atoms with Gasteiger partial charge in [0.1, 0.15) is 0 Å². The summed E-state index contributed by atoms with van der Waals surface area (Å²) in [5.74, 6) is 0. The maximum Gasteiger partial charge on any atom is 0.0216 e. The number of rotatable bonds is 4. The van der Waals surface area contributed by atoms with Crippen LogP contribution in [0.3, 0.4) is 0 Å². The Morgan fingerprint density at radius 1 is 1.05 bits per heavy atom. The summed E-state index contributed by atoms with van der Waals surface area (Å²) in [4.78, 5) is 0. The van der Waals surface area contributed by atoms with E-state index in [0.29, 0.717) is 0 Å². The van der Waals surface area contributed by atoms with Crippen LogP contribution >= 0.6 is 15.9 Å². The molecule has 21 heavy (non-hydrogen) atoms. The van der Waals surface area contributed by atoms with Crippen molar-refractivity contribution in [3.8, 4) is 11.1 Å². The van der Waals surface area contributed by atoms with Crippen LogP contribution in [0.1, 0.15) is 43.4 Å². The van der Waals surface area contributed by atoms with Crippen LogP contribution in [0.25, 0.3) is 16.7 Å². The molecule has 0 aromatic heterocycles. The fourth-order valence-electron chi connectivity index (χ4n) is 3.22. The zero-order chi connectivity index (χ0) is 14.8. The van der Waals surface area contributed by atoms with Crippen LogP contribution in [0.5, 0.6) is 0 Å². The van der Waals surface area contributed by atoms with Gasteiger partial charge in [-0.1, -0.05) is 65.7 Å². The fraction of sp³-hybridized carbons (Fsp3) is 0.300. The molecule has 1 aliphatic rings. The quantitative estimate of drug-likeness (QED) is 0.602. The molecule has 108 valence electrons. The molecule has 1 aliphatic carbocycles. The van der Waals surface area contributed by atoms with E-state index in [1.165, 1.54) is 57.1 Å². The van der Waals surface area contributed by atoms with Gasteiger partial charge in [-0.05, 0) is 65.6 Å². The van der Waals surface area contributed by atoms with Crippen molar-refractivity contribution in [3.63, 3.8) is 0 Å². The Balaban J connectivity index is 2.14. The van der Waals surface area contributed by atoms with E-state index in [-0.39, 0.29) is 0 Å². The number of allylic oxidation sites excluding steroid dienone is 2. The number of unbranched alkanes of at least 4 members (excludes halogenated alkanes) is 1. The molecule has 0 saturated heterocycles. The van der Waals surface area contributed by atoms with Crippen molar-refractivity contribution in [2.24, 2.45) is 0 Å². The summed E-state index contributed by atoms with van der Waals surface area (Å²) < 4.78 is 1.24. The first-order chi connectivity index (χ1) is 10.2. The fourth-order valence-corrected chi connectivity index (χ4v) is 3.71. The number of benzene rings is 2. The third kappa shape index (κ3) is 2.72. The third-order valence-electron chi connectivity index (χ3n) is 4.37. The van der Waals surface area contributed by atoms with E-state index in [9.17, 15) is 0 Å². The van der Waals surface area contributed by atoms with Crippen molar-refractivity contribution in [2.45, 2.75) is 39.5 Å². The number of fused-ring (bicyclic) bond motifs is 1. The average molecular weight is 341 g/mol. The van der Waals surface area contributed by atoms with E-state index in [0.717, 1.165) is 6.42 Å². The first kappa shape index (κ1) is 14.6. The van der Waals surface area contributed by atoms with Gasteiger partial charge in [0.2, 0.25) is 0 Å². The molecule has 0 radical (unpaired) electrons. The molecule has 0 nitrogen and oxygen atoms in total. The summed E-state index contributed by atoms with van der Waals surface area (Å²) in [5, 5.41) is 0. The van der Waals surface area contributed by atoms with Gasteiger partial charge in [-0.15, -0.1) is 0 Å². The van der Waals surface area contributed by atoms with Crippen LogP contribution < -0.4 is 0 Å². The van der Waals surface area contributed by atoms with Crippen LogP contribution in [-0.2, 0) is 12.8 Å². The standard InChI is InChI=1S/C20H21Br/c1-3-4-7-15-8-5-6-9-16(15)17-12-13-19(21)18-11-10-14(2)20(17)18/h5-6,8-10,12-13H,3-4,7,11H2,1-2H3. The Morgan fingerprint density at radius 3 is 2.67 bits per heavy atom. The molecule has 3 rings (SSSR count). The van der Waals surface area contributed by atoms with E-state index in [1.807, 2.05) is 0 Å². The van der Waals surface area contributed by atoms with Crippen LogP contribution in [0, 0.1) is 0 Å². The molecule has 0 unspecified atom stereocenters. The van der Waals surface area contributed by atoms with E-state index in [1.54, 1.807) is 0 Å². The molecule has 2 aromatic carbocycles. The molecule has 0 bridgehead atoms. The van der Waals surface area contributed by atoms with E-state index >= 15 is 0 Å². The highest BCUT2D eigenvalue weighted by Gasteiger charge is 2.19. The summed E-state index contributed by atoms with van der Waals surface area (Å²) in [7, 11) is 0. The van der Waals surface area contributed by atoms with Gasteiger partial charge in [0, 0.05) is 4.47 Å². The third-order valence-corrected chi connectivity index (χ3v) is 5.11. The summed E-state index contributed by atoms with van der Waals surface area (Å²) in [6, 6.07) is 13.4. The maximum atomic E-state index is 3.71. The SMILES string of the molecule is CCCCc1ccccc1-c1ccc(Br)c2c1C(C)=CC2. The minimum Gasteiger partial charge on any atom is -0.0765 e. The number of hydrogen-bond acceptors (Lipinski definition) is 0. The van der Waals surface area contributed by atoms with E-state index in [2.05, 4.69) is 72.3 Å². The monoisotopic (exact) mass is 340 g/mol. The normalized spacial score (nSPS) is 13.2. The van der Waals surface area contributed by atoms with Crippen LogP contribution in [-0.4, -0.2) is 0 Å². The first-order valence-corrected chi connectivity index (χ1v) is 8.58. The predicted molar refractivity (Wildman–Crippen MR) is 95.5 cm³/mol. The number of halogens is 1. The molecule has 0 spiro atoms. The van der Waals surface area contributed by atoms with Crippen molar-refractivity contribution in [1.29, 1.82) is 0 Å². The molecule has 1 heteroatoms. The van der Waals surface area contributed by atoms with Crippen molar-refractivity contribution < 1.29 is 0 Å². The Hall–Kier alpha value is -1.34. The maximum absolute atomic E-state index is 3.71. The summed E-state index contributed by atoms with van der Waals surface area (Å²) in [6.07, 6.45) is 7.05. The Kier molecular flexibility index (Phi) is 4.30. The summed E-state index contributed by atoms with van der Waals surface area (Å²) in [5.41, 5.74) is 8.56. The van der Waals surface area contributed by atoms with Gasteiger partial charge in [0.15, 0.2) is 0 Å². The molecule has 0 amide bonds. The zero-order valence-electron chi connectivity index (χ0n) is 12.7. The highest BCUT2D eigenvalue weighted by Crippen LogP contribution is 2.40. The van der Waals surface area contributed by atoms with Crippen LogP contribution in [0.4, 0.5) is 0 Å². The lowest BCUT2D eigenvalue weighted by atomic mass is 9.90. The highest BCUT2D eigenvalue weighted by molar-refractivity contribution is 9.10. The van der Waals surface area contributed by atoms with Gasteiger partial charge in [0.25, 0.3) is 0 Å². The summed E-state index contributed by atoms with van der Waals surface area (Å²) in [6.45, 7) is 4.49. The van der Waals surface area contributed by atoms with Crippen LogP contribution in [0.2, 0.25) is 0 Å². The van der Waals surface area contributed by atoms with Gasteiger partial charge in [-0.25, -0.2) is 0 Å². The Morgan fingerprint density at radius 2 is 1.86 bits per heavy atom. The van der Waals surface area contributed by atoms with Crippen molar-refractivity contribution in [3.05, 3.63) is 63.6 Å². The lowest BCUT2D eigenvalue weighted by molar-refractivity contribution is 0.796. The van der Waals surface area contributed by atoms with Gasteiger partial charge < -0.3 is 0 Å². The minimum atomic E-state index is 1.05. The summed E-state index contributed by atoms with van der Waals surface area (Å²) >= 11 is 3.71. The Labute approximate surface area is 136 Å². The number of aryl methyl sites for hydroxylation is 1. The van der Waals surface area contributed by atoms with E-state index in [4.69, 9.17) is 0 Å². The molecule has 0 N–H and O–H groups in total. The highest BCUT2D eigenvalue weighted by atomic mass is 79.9. The first-order valence-electron chi connectivity index (χ1n) is 7.79. The Bertz CT molecular complexity index is 695. The van der Waals surface area contributed by atoms with Gasteiger partial charge in [-0.2, -0.15) is 0 Å². The molecular weight excluding hydrogens is 320 g/mol. The molecule has 0 saturated carbocycles. The molecular formula is C20H21Br. The molecule has 0 aliphatic heterocycles. The predicted octanol–water partition coefficient (Wildman–Crippen LogP) is 6.42. The topological polar surface area (TPSA) is 0 Å². The zero-order valence-corrected chi connectivity index (χ0v) is 14.3. The van der Waals surface area contributed by atoms with Crippen molar-refractivity contribution in [2.75, 3.05) is 0 Å². The lowest BCUT2D eigenvalue weighted by Gasteiger charge is -2.15. The van der Waals surface area contributed by atoms with Crippen molar-refractivity contribution in [1.82, 2.24) is 0 Å². The molecule has 0 atom stereocenters. The second-order valence-corrected chi connectivity index (χ2v) is 6.65. The van der Waals surface area contributed by atoms with Gasteiger partial charge in [-0.3, -0.25) is 0 Å². The smallest absolute Gasteiger partial charge is 0.0216 e. The average Bonchev–Trinajstić information content (AvgIpc) is 2.89. The molecule has 0 heterocycles. The second kappa shape index (κ2) is 6.19. The number of hydrogen-bond donors (Lipinski definition) is 0. The molecule has 2 aromatic rings. The van der Waals surface area contributed by atoms with Crippen molar-refractivity contribution >= 4 is 21.5 Å². The van der Waals surface area contributed by atoms with Gasteiger partial charge in [0.05, 0.1) is 0 Å². The second-order valence-electron chi connectivity index (χ2n) is 5.80. The molecule has 0 fully saturated rings. The lowest BCUT2D eigenvalue weighted by Crippen LogP contribution is -1.95.